The number of aromatic nitrogens is 2. The smallest absolute Gasteiger partial charge is 0.420 e. The third-order valence-corrected chi connectivity index (χ3v) is 8.38. The van der Waals surface area contributed by atoms with Crippen molar-refractivity contribution in [2.45, 2.75) is 0 Å². The van der Waals surface area contributed by atoms with Crippen molar-refractivity contribution in [3.8, 4) is 33.9 Å². The summed E-state index contributed by atoms with van der Waals surface area (Å²) in [7, 11) is 3.14. The fourth-order valence-electron chi connectivity index (χ4n) is 4.68. The zero-order valence-corrected chi connectivity index (χ0v) is 23.9. The summed E-state index contributed by atoms with van der Waals surface area (Å²) in [5.74, 6) is -0.379. The number of nitrogens with zero attached hydrogens (tertiary/aromatic N) is 3. The van der Waals surface area contributed by atoms with Crippen LogP contribution >= 0.6 is 20.1 Å². The molecule has 0 saturated carbocycles. The van der Waals surface area contributed by atoms with Crippen molar-refractivity contribution in [3.63, 3.8) is 0 Å². The molecule has 3 heterocycles. The van der Waals surface area contributed by atoms with Gasteiger partial charge in [0.05, 0.1) is 11.3 Å². The van der Waals surface area contributed by atoms with Gasteiger partial charge < -0.3 is 14.2 Å². The fraction of sp³-hybridized carbons (Fsp3) is 0.0667. The molecule has 0 bridgehead atoms. The van der Waals surface area contributed by atoms with Crippen molar-refractivity contribution >= 4 is 53.7 Å². The minimum absolute atomic E-state index is 0.169. The van der Waals surface area contributed by atoms with Gasteiger partial charge in [-0.05, 0) is 66.2 Å². The topological polar surface area (TPSA) is 101 Å². The van der Waals surface area contributed by atoms with E-state index in [2.05, 4.69) is 21.9 Å². The van der Waals surface area contributed by atoms with Crippen LogP contribution in [0.5, 0.6) is 0 Å². The largest absolute Gasteiger partial charge is 0.455 e. The Balaban J connectivity index is 1.62. The van der Waals surface area contributed by atoms with Gasteiger partial charge in [0.25, 0.3) is 0 Å². The highest BCUT2D eigenvalue weighted by Gasteiger charge is 2.24. The van der Waals surface area contributed by atoms with E-state index in [0.717, 1.165) is 3.11 Å². The van der Waals surface area contributed by atoms with E-state index in [-0.39, 0.29) is 5.89 Å². The number of benzene rings is 3. The second kappa shape index (κ2) is 10.4. The van der Waals surface area contributed by atoms with Crippen molar-refractivity contribution in [1.82, 2.24) is 15.3 Å². The number of rotatable bonds is 7. The van der Waals surface area contributed by atoms with Gasteiger partial charge in [0.2, 0.25) is 5.89 Å². The molecule has 0 atom stereocenters. The van der Waals surface area contributed by atoms with Crippen molar-refractivity contribution in [2.24, 2.45) is 0 Å². The maximum absolute atomic E-state index is 15.1. The summed E-state index contributed by atoms with van der Waals surface area (Å²) in [5, 5.41) is 3.63. The zero-order valence-electron chi connectivity index (χ0n) is 21.7. The number of nitrogens with one attached hydrogen (secondary N) is 1. The summed E-state index contributed by atoms with van der Waals surface area (Å²) in [5.41, 5.74) is 4.40. The van der Waals surface area contributed by atoms with Crippen LogP contribution in [0.2, 0.25) is 0 Å². The van der Waals surface area contributed by atoms with Gasteiger partial charge in [-0.25, -0.2) is 19.9 Å². The Labute approximate surface area is 239 Å². The molecular weight excluding hydrogens is 645 g/mol. The molecule has 3 aromatic carbocycles. The monoisotopic (exact) mass is 666 g/mol. The van der Waals surface area contributed by atoms with Gasteiger partial charge in [-0.15, -0.1) is 0 Å². The lowest BCUT2D eigenvalue weighted by molar-refractivity contribution is 0.609. The Kier molecular flexibility index (Phi) is 6.73. The second-order valence-electron chi connectivity index (χ2n) is 9.16. The summed E-state index contributed by atoms with van der Waals surface area (Å²) >= 11 is -4.03. The highest BCUT2D eigenvalue weighted by Crippen LogP contribution is 2.44. The quantitative estimate of drug-likeness (QED) is 0.135. The van der Waals surface area contributed by atoms with E-state index < -0.39 is 31.7 Å². The average molecular weight is 666 g/mol. The van der Waals surface area contributed by atoms with Gasteiger partial charge >= 0.3 is 20.1 Å². The Bertz CT molecular complexity index is 2010. The van der Waals surface area contributed by atoms with Crippen molar-refractivity contribution < 1.29 is 23.8 Å². The number of oxazole rings is 1. The van der Waals surface area contributed by atoms with Gasteiger partial charge in [-0.2, -0.15) is 4.98 Å². The SMILES string of the molecule is C=C(NC)c1c(-c2ccc(F)cc2)oc2cc(N(C)I(=O)=O)c(-c3cc(F)cc(-c4nc5ncccc5o4)c3)cc12. The lowest BCUT2D eigenvalue weighted by Crippen LogP contribution is -2.05. The predicted molar refractivity (Wildman–Crippen MR) is 160 cm³/mol. The third-order valence-electron chi connectivity index (χ3n) is 6.68. The molecule has 1 N–H and O–H groups in total. The first-order valence-electron chi connectivity index (χ1n) is 12.3. The molecule has 41 heavy (non-hydrogen) atoms. The van der Waals surface area contributed by atoms with Crippen LogP contribution in [0.1, 0.15) is 5.56 Å². The molecule has 3 aromatic heterocycles. The van der Waals surface area contributed by atoms with Gasteiger partial charge in [0.1, 0.15) is 23.0 Å². The first kappa shape index (κ1) is 26.6. The Morgan fingerprint density at radius 2 is 1.68 bits per heavy atom. The molecule has 0 unspecified atom stereocenters. The molecule has 0 aliphatic rings. The van der Waals surface area contributed by atoms with Gasteiger partial charge in [0.15, 0.2) is 11.2 Å². The number of hydrogen-bond donors (Lipinski definition) is 1. The third kappa shape index (κ3) is 4.82. The standard InChI is InChI=1S/C30H21F2IN4O4/c1-16(34-2)27-23-14-22(18-11-19(13-21(32)12-18)30-36-29-25(41-30)5-4-10-35-29)24(37(3)33(38)39)15-26(23)40-28(27)17-6-8-20(31)9-7-17/h4-15,34H,1H2,2-3H3. The lowest BCUT2D eigenvalue weighted by Gasteiger charge is -2.16. The van der Waals surface area contributed by atoms with Crippen molar-refractivity contribution in [2.75, 3.05) is 17.2 Å². The molecule has 0 saturated heterocycles. The van der Waals surface area contributed by atoms with Crippen LogP contribution in [0, 0.1) is 11.6 Å². The molecule has 0 aliphatic heterocycles. The highest BCUT2D eigenvalue weighted by atomic mass is 127. The average Bonchev–Trinajstić information content (AvgIpc) is 3.57. The number of pyridine rings is 1. The first-order chi connectivity index (χ1) is 19.7. The molecule has 0 fully saturated rings. The lowest BCUT2D eigenvalue weighted by atomic mass is 9.96. The van der Waals surface area contributed by atoms with Crippen LogP contribution in [-0.4, -0.2) is 24.1 Å². The molecule has 8 nitrogen and oxygen atoms in total. The van der Waals surface area contributed by atoms with E-state index in [0.29, 0.717) is 67.2 Å². The van der Waals surface area contributed by atoms with E-state index >= 15 is 4.39 Å². The Morgan fingerprint density at radius 1 is 0.927 bits per heavy atom. The zero-order chi connectivity index (χ0) is 28.8. The summed E-state index contributed by atoms with van der Waals surface area (Å²) in [6, 6.07) is 16.8. The summed E-state index contributed by atoms with van der Waals surface area (Å²) in [4.78, 5) is 8.55. The molecule has 0 amide bonds. The molecular formula is C30H21F2IN4O4. The number of furan rings is 1. The molecule has 6 aromatic rings. The van der Waals surface area contributed by atoms with Crippen molar-refractivity contribution in [3.05, 3.63) is 96.7 Å². The van der Waals surface area contributed by atoms with E-state index in [1.54, 1.807) is 55.7 Å². The minimum atomic E-state index is -4.03. The molecule has 6 rings (SSSR count). The van der Waals surface area contributed by atoms with Crippen LogP contribution in [0.25, 0.3) is 61.8 Å². The maximum Gasteiger partial charge on any atom is 0.420 e. The number of hydrogen-bond acceptors (Lipinski definition) is 7. The Morgan fingerprint density at radius 3 is 2.39 bits per heavy atom. The fourth-order valence-corrected chi connectivity index (χ4v) is 5.51. The van der Waals surface area contributed by atoms with E-state index in [1.807, 2.05) is 0 Å². The molecule has 0 spiro atoms. The predicted octanol–water partition coefficient (Wildman–Crippen LogP) is 7.99. The van der Waals surface area contributed by atoms with Crippen LogP contribution in [0.3, 0.4) is 0 Å². The van der Waals surface area contributed by atoms with E-state index in [9.17, 15) is 10.5 Å². The van der Waals surface area contributed by atoms with Crippen LogP contribution < -0.4 is 8.43 Å². The minimum Gasteiger partial charge on any atom is -0.455 e. The summed E-state index contributed by atoms with van der Waals surface area (Å²) in [6.07, 6.45) is 1.58. The molecule has 0 aliphatic carbocycles. The molecule has 206 valence electrons. The maximum atomic E-state index is 15.1. The first-order valence-corrected chi connectivity index (χ1v) is 15.0. The number of anilines is 1. The van der Waals surface area contributed by atoms with Gasteiger partial charge in [-0.3, -0.25) is 3.11 Å². The van der Waals surface area contributed by atoms with E-state index in [4.69, 9.17) is 8.83 Å². The van der Waals surface area contributed by atoms with Crippen molar-refractivity contribution in [1.29, 1.82) is 0 Å². The van der Waals surface area contributed by atoms with E-state index in [1.165, 1.54) is 31.3 Å². The highest BCUT2D eigenvalue weighted by molar-refractivity contribution is 14.2. The Hall–Kier alpha value is -4.65. The molecule has 0 radical (unpaired) electrons. The number of halogens is 3. The number of fused-ring (bicyclic) bond motifs is 2. The van der Waals surface area contributed by atoms with Gasteiger partial charge in [0, 0.05) is 54.1 Å². The van der Waals surface area contributed by atoms with Crippen LogP contribution in [0.15, 0.2) is 88.3 Å². The summed E-state index contributed by atoms with van der Waals surface area (Å²) < 4.78 is 66.4. The van der Waals surface area contributed by atoms with Crippen LogP contribution in [0.4, 0.5) is 14.5 Å². The van der Waals surface area contributed by atoms with Gasteiger partial charge in [-0.1, -0.05) is 6.58 Å². The molecule has 11 heteroatoms. The summed E-state index contributed by atoms with van der Waals surface area (Å²) in [6.45, 7) is 4.11. The second-order valence-corrected chi connectivity index (χ2v) is 11.8. The van der Waals surface area contributed by atoms with Crippen LogP contribution in [-0.2, 0) is 6.14 Å². The normalized spacial score (nSPS) is 11.4.